The largest absolute Gasteiger partial charge is 0.373 e. The summed E-state index contributed by atoms with van der Waals surface area (Å²) >= 11 is 0. The number of allylic oxidation sites excluding steroid dienone is 3. The fraction of sp³-hybridized carbons (Fsp3) is 0.310. The van der Waals surface area contributed by atoms with Crippen LogP contribution in [0.1, 0.15) is 17.9 Å². The van der Waals surface area contributed by atoms with Crippen molar-refractivity contribution in [3.63, 3.8) is 0 Å². The molecule has 0 radical (unpaired) electrons. The van der Waals surface area contributed by atoms with E-state index in [-0.39, 0.29) is 6.10 Å². The lowest BCUT2D eigenvalue weighted by atomic mass is 9.90. The van der Waals surface area contributed by atoms with E-state index in [1.165, 1.54) is 11.3 Å². The number of morpholine rings is 1. The zero-order valence-electron chi connectivity index (χ0n) is 20.3. The van der Waals surface area contributed by atoms with Gasteiger partial charge in [-0.2, -0.15) is 0 Å². The number of nitrogens with one attached hydrogen (secondary N) is 1. The third-order valence-corrected chi connectivity index (χ3v) is 6.94. The normalized spacial score (nSPS) is 20.7. The number of likely N-dealkylation sites (N-methyl/N-ethyl adjacent to an activating group) is 1. The molecule has 178 valence electrons. The van der Waals surface area contributed by atoms with Gasteiger partial charge in [-0.3, -0.25) is 4.98 Å². The molecular weight excluding hydrogens is 434 g/mol. The van der Waals surface area contributed by atoms with E-state index >= 15 is 0 Å². The Balaban J connectivity index is 1.31. The predicted octanol–water partition coefficient (Wildman–Crippen LogP) is 4.97. The van der Waals surface area contributed by atoms with Gasteiger partial charge in [0, 0.05) is 48.4 Å². The summed E-state index contributed by atoms with van der Waals surface area (Å²) in [6.07, 6.45) is 10.1. The number of aromatic nitrogens is 3. The highest BCUT2D eigenvalue weighted by molar-refractivity contribution is 5.86. The number of hydrogen-bond acceptors (Lipinski definition) is 5. The fourth-order valence-electron chi connectivity index (χ4n) is 5.26. The third kappa shape index (κ3) is 4.47. The standard InChI is InChI=1S/C29H31N5O/c1-33(2)18-24-19-34(13-14-35-24)23-9-5-8-20(16-23)25-10-6-12-27-28(25)32-29(31-27)22-15-21-7-3-4-11-26(21)30-17-22/h3-7,9-12,15-17,20,24H,8,13-14,18-19H2,1-2H3,(H,31,32). The number of ether oxygens (including phenoxy) is 1. The minimum absolute atomic E-state index is 0.239. The molecule has 0 bridgehead atoms. The minimum atomic E-state index is 0.239. The van der Waals surface area contributed by atoms with Gasteiger partial charge in [-0.15, -0.1) is 0 Å². The van der Waals surface area contributed by atoms with Crippen LogP contribution in [0.15, 0.2) is 78.7 Å². The highest BCUT2D eigenvalue weighted by Gasteiger charge is 2.24. The minimum Gasteiger partial charge on any atom is -0.373 e. The van der Waals surface area contributed by atoms with Crippen LogP contribution in [0, 0.1) is 0 Å². The number of nitrogens with zero attached hydrogens (tertiary/aromatic N) is 4. The maximum Gasteiger partial charge on any atom is 0.140 e. The molecule has 0 spiro atoms. The first-order chi connectivity index (χ1) is 17.1. The number of fused-ring (bicyclic) bond motifs is 2. The molecule has 2 aliphatic rings. The zero-order valence-corrected chi connectivity index (χ0v) is 20.3. The van der Waals surface area contributed by atoms with Crippen molar-refractivity contribution in [1.82, 2.24) is 24.8 Å². The monoisotopic (exact) mass is 465 g/mol. The number of rotatable bonds is 5. The zero-order chi connectivity index (χ0) is 23.8. The van der Waals surface area contributed by atoms with Gasteiger partial charge in [-0.1, -0.05) is 42.5 Å². The third-order valence-electron chi connectivity index (χ3n) is 6.94. The average Bonchev–Trinajstić information content (AvgIpc) is 3.33. The van der Waals surface area contributed by atoms with Crippen molar-refractivity contribution in [2.24, 2.45) is 0 Å². The van der Waals surface area contributed by atoms with E-state index in [2.05, 4.69) is 82.4 Å². The number of imidazole rings is 1. The quantitative estimate of drug-likeness (QED) is 0.451. The lowest BCUT2D eigenvalue weighted by molar-refractivity contribution is -0.0263. The molecule has 6 nitrogen and oxygen atoms in total. The summed E-state index contributed by atoms with van der Waals surface area (Å²) in [6, 6.07) is 16.8. The second-order valence-corrected chi connectivity index (χ2v) is 9.78. The van der Waals surface area contributed by atoms with Gasteiger partial charge in [-0.25, -0.2) is 4.98 Å². The summed E-state index contributed by atoms with van der Waals surface area (Å²) in [6.45, 7) is 3.57. The molecule has 6 heteroatoms. The van der Waals surface area contributed by atoms with Crippen LogP contribution in [-0.4, -0.2) is 71.2 Å². The molecular formula is C29H31N5O. The Bertz CT molecular complexity index is 1420. The first-order valence-electron chi connectivity index (χ1n) is 12.4. The van der Waals surface area contributed by atoms with Gasteiger partial charge in [0.05, 0.1) is 29.3 Å². The molecule has 0 amide bonds. The second-order valence-electron chi connectivity index (χ2n) is 9.78. The Morgan fingerprint density at radius 2 is 2.00 bits per heavy atom. The molecule has 2 aromatic heterocycles. The van der Waals surface area contributed by atoms with Gasteiger partial charge < -0.3 is 19.5 Å². The van der Waals surface area contributed by atoms with Crippen molar-refractivity contribution in [1.29, 1.82) is 0 Å². The molecule has 2 aromatic carbocycles. The molecule has 4 aromatic rings. The molecule has 1 aliphatic heterocycles. The number of benzene rings is 2. The molecule has 1 N–H and O–H groups in total. The maximum absolute atomic E-state index is 6.00. The summed E-state index contributed by atoms with van der Waals surface area (Å²) in [5.74, 6) is 1.16. The van der Waals surface area contributed by atoms with E-state index in [4.69, 9.17) is 9.72 Å². The highest BCUT2D eigenvalue weighted by Crippen LogP contribution is 2.34. The van der Waals surface area contributed by atoms with Crippen LogP contribution in [0.2, 0.25) is 0 Å². The number of aromatic amines is 1. The van der Waals surface area contributed by atoms with E-state index in [9.17, 15) is 0 Å². The van der Waals surface area contributed by atoms with Gasteiger partial charge in [0.25, 0.3) is 0 Å². The van der Waals surface area contributed by atoms with Crippen LogP contribution in [0.5, 0.6) is 0 Å². The Morgan fingerprint density at radius 3 is 2.91 bits per heavy atom. The van der Waals surface area contributed by atoms with E-state index in [0.29, 0.717) is 5.92 Å². The van der Waals surface area contributed by atoms with Crippen molar-refractivity contribution in [2.75, 3.05) is 40.3 Å². The lowest BCUT2D eigenvalue weighted by Crippen LogP contribution is -2.45. The van der Waals surface area contributed by atoms with E-state index in [0.717, 1.165) is 66.0 Å². The molecule has 35 heavy (non-hydrogen) atoms. The molecule has 1 fully saturated rings. The number of hydrogen-bond donors (Lipinski definition) is 1. The molecule has 6 rings (SSSR count). The summed E-state index contributed by atoms with van der Waals surface area (Å²) in [5, 5.41) is 1.12. The Kier molecular flexibility index (Phi) is 5.84. The molecule has 1 saturated heterocycles. The van der Waals surface area contributed by atoms with Crippen LogP contribution >= 0.6 is 0 Å². The van der Waals surface area contributed by atoms with Crippen LogP contribution in [-0.2, 0) is 4.74 Å². The van der Waals surface area contributed by atoms with Crippen LogP contribution in [0.3, 0.4) is 0 Å². The molecule has 3 heterocycles. The van der Waals surface area contributed by atoms with Crippen LogP contribution in [0.25, 0.3) is 33.3 Å². The Morgan fingerprint density at radius 1 is 1.11 bits per heavy atom. The van der Waals surface area contributed by atoms with Gasteiger partial charge in [0.2, 0.25) is 0 Å². The maximum atomic E-state index is 6.00. The average molecular weight is 466 g/mol. The highest BCUT2D eigenvalue weighted by atomic mass is 16.5. The summed E-state index contributed by atoms with van der Waals surface area (Å²) in [4.78, 5) is 17.8. The number of H-pyrrole nitrogens is 1. The predicted molar refractivity (Wildman–Crippen MR) is 141 cm³/mol. The van der Waals surface area contributed by atoms with Gasteiger partial charge in [0.15, 0.2) is 0 Å². The van der Waals surface area contributed by atoms with E-state index in [1.807, 2.05) is 24.4 Å². The van der Waals surface area contributed by atoms with Gasteiger partial charge in [0.1, 0.15) is 5.82 Å². The summed E-state index contributed by atoms with van der Waals surface area (Å²) < 4.78 is 6.00. The van der Waals surface area contributed by atoms with Crippen molar-refractivity contribution < 1.29 is 4.74 Å². The van der Waals surface area contributed by atoms with Crippen molar-refractivity contribution in [3.8, 4) is 11.4 Å². The molecule has 0 saturated carbocycles. The molecule has 2 atom stereocenters. The Labute approximate surface area is 205 Å². The SMILES string of the molecule is CN(C)CC1CN(C2=CC(c3cccc4nc(-c5cnc6ccccc6c5)[nH]c34)CC=C2)CCO1. The van der Waals surface area contributed by atoms with Crippen molar-refractivity contribution in [2.45, 2.75) is 18.4 Å². The number of pyridine rings is 1. The second kappa shape index (κ2) is 9.29. The van der Waals surface area contributed by atoms with Gasteiger partial charge in [-0.05, 0) is 50.4 Å². The first kappa shape index (κ1) is 22.0. The van der Waals surface area contributed by atoms with Crippen LogP contribution in [0.4, 0.5) is 0 Å². The fourth-order valence-corrected chi connectivity index (χ4v) is 5.26. The van der Waals surface area contributed by atoms with Crippen molar-refractivity contribution in [3.05, 3.63) is 84.2 Å². The lowest BCUT2D eigenvalue weighted by Gasteiger charge is -2.37. The van der Waals surface area contributed by atoms with E-state index in [1.54, 1.807) is 0 Å². The topological polar surface area (TPSA) is 57.3 Å². The molecule has 2 unspecified atom stereocenters. The first-order valence-corrected chi connectivity index (χ1v) is 12.4. The summed E-state index contributed by atoms with van der Waals surface area (Å²) in [5.41, 5.74) is 6.69. The van der Waals surface area contributed by atoms with Crippen molar-refractivity contribution >= 4 is 21.9 Å². The molecule has 1 aliphatic carbocycles. The smallest absolute Gasteiger partial charge is 0.140 e. The van der Waals surface area contributed by atoms with E-state index < -0.39 is 0 Å². The Hall–Kier alpha value is -3.48. The van der Waals surface area contributed by atoms with Crippen LogP contribution < -0.4 is 0 Å². The number of para-hydroxylation sites is 2. The summed E-state index contributed by atoms with van der Waals surface area (Å²) in [7, 11) is 4.21. The van der Waals surface area contributed by atoms with Gasteiger partial charge >= 0.3 is 0 Å².